The van der Waals surface area contributed by atoms with Gasteiger partial charge in [0.1, 0.15) is 28.8 Å². The SMILES string of the molecule is C=CC(=O)Nc1cc(Nc2nccc(-c3cn(C)c4ccccc34)n2)c(OC)cc1N(C)CCN(C)CC.C=CC(=O)Nc1cc(Nc2nccc(-c3cn(C)c4ccccc34)n2)c(OC)cc1N(C)CCN(CC)CC.C=CC(=O)Nc1cc(Nc2nccc(-c3cn(C)c4ccccc34)n2)c(OC)cc1N(C)CCOC.C=CC(=O)Nc1cc(Nc2nccc(N3CCc4ccccc43)n2)c(OC)cc1N(C)CCN(C)C. The first-order valence-corrected chi connectivity index (χ1v) is 49.0. The molecule has 16 rings (SSSR count). The summed E-state index contributed by atoms with van der Waals surface area (Å²) in [6.07, 6.45) is 19.1. The number of carbonyl (C=O) groups excluding carboxylic acids is 4. The maximum Gasteiger partial charge on any atom is 0.247 e. The van der Waals surface area contributed by atoms with Gasteiger partial charge < -0.3 is 119 Å². The number of fused-ring (bicyclic) bond motifs is 4. The zero-order chi connectivity index (χ0) is 106. The molecule has 0 atom stereocenters. The Balaban J connectivity index is 0.000000166. The van der Waals surface area contributed by atoms with Crippen LogP contribution in [0.4, 0.5) is 104 Å². The monoisotopic (exact) mass is 2010 g/mol. The van der Waals surface area contributed by atoms with Crippen LogP contribution < -0.4 is 86.0 Å². The number of hydrogen-bond donors (Lipinski definition) is 8. The third-order valence-electron chi connectivity index (χ3n) is 25.5. The molecule has 0 saturated heterocycles. The zero-order valence-electron chi connectivity index (χ0n) is 88.2. The van der Waals surface area contributed by atoms with Gasteiger partial charge in [-0.15, -0.1) is 0 Å². The van der Waals surface area contributed by atoms with E-state index in [-0.39, 0.29) is 23.6 Å². The number of ether oxygens (including phenoxy) is 5. The van der Waals surface area contributed by atoms with Gasteiger partial charge in [0.25, 0.3) is 0 Å². The van der Waals surface area contributed by atoms with Crippen LogP contribution in [0.5, 0.6) is 23.0 Å². The average Bonchev–Trinajstić information content (AvgIpc) is 1.65. The molecule has 776 valence electrons. The van der Waals surface area contributed by atoms with E-state index in [1.54, 1.807) is 66.4 Å². The van der Waals surface area contributed by atoms with E-state index < -0.39 is 0 Å². The fourth-order valence-electron chi connectivity index (χ4n) is 17.1. The molecule has 1 aliphatic rings. The lowest BCUT2D eigenvalue weighted by Gasteiger charge is -2.27. The molecule has 8 aromatic carbocycles. The molecule has 0 spiro atoms. The Morgan fingerprint density at radius 2 is 0.691 bits per heavy atom. The summed E-state index contributed by atoms with van der Waals surface area (Å²) in [5, 5.41) is 28.1. The van der Waals surface area contributed by atoms with Crippen molar-refractivity contribution in [2.45, 2.75) is 27.2 Å². The van der Waals surface area contributed by atoms with Crippen LogP contribution in [0.2, 0.25) is 0 Å². The van der Waals surface area contributed by atoms with Crippen molar-refractivity contribution in [1.29, 1.82) is 0 Å². The van der Waals surface area contributed by atoms with E-state index in [4.69, 9.17) is 43.6 Å². The normalized spacial score (nSPS) is 11.3. The van der Waals surface area contributed by atoms with Crippen molar-refractivity contribution >= 4 is 160 Å². The van der Waals surface area contributed by atoms with Gasteiger partial charge in [-0.05, 0) is 150 Å². The highest BCUT2D eigenvalue weighted by Gasteiger charge is 2.27. The van der Waals surface area contributed by atoms with E-state index in [2.05, 4.69) is 238 Å². The lowest BCUT2D eigenvalue weighted by atomic mass is 10.1. The lowest BCUT2D eigenvalue weighted by molar-refractivity contribution is -0.112. The molecule has 0 fully saturated rings. The third kappa shape index (κ3) is 27.5. The van der Waals surface area contributed by atoms with Crippen LogP contribution in [-0.4, -0.2) is 255 Å². The summed E-state index contributed by atoms with van der Waals surface area (Å²) in [7, 11) is 28.2. The Kier molecular flexibility index (Phi) is 38.1. The molecule has 0 bridgehead atoms. The van der Waals surface area contributed by atoms with E-state index in [1.807, 2.05) is 178 Å². The molecule has 149 heavy (non-hydrogen) atoms. The fourth-order valence-corrected chi connectivity index (χ4v) is 17.1. The van der Waals surface area contributed by atoms with Crippen molar-refractivity contribution in [3.63, 3.8) is 0 Å². The van der Waals surface area contributed by atoms with Gasteiger partial charge in [-0.25, -0.2) is 34.9 Å². The molecule has 0 saturated carbocycles. The van der Waals surface area contributed by atoms with Crippen molar-refractivity contribution in [3.05, 3.63) is 269 Å². The van der Waals surface area contributed by atoms with Gasteiger partial charge in [0, 0.05) is 232 Å². The summed E-state index contributed by atoms with van der Waals surface area (Å²) in [5.74, 6) is 3.69. The van der Waals surface area contributed by atoms with Crippen LogP contribution >= 0.6 is 0 Å². The van der Waals surface area contributed by atoms with E-state index >= 15 is 0 Å². The molecular formula is C113H135N27O9. The average molecular weight is 2020 g/mol. The highest BCUT2D eigenvalue weighted by molar-refractivity contribution is 6.06. The van der Waals surface area contributed by atoms with Crippen molar-refractivity contribution in [3.8, 4) is 56.8 Å². The Bertz CT molecular complexity index is 7240. The Labute approximate surface area is 871 Å². The second kappa shape index (κ2) is 52.0. The van der Waals surface area contributed by atoms with Gasteiger partial charge in [0.2, 0.25) is 47.4 Å². The molecule has 8 heterocycles. The minimum atomic E-state index is -0.318. The number of nitrogens with zero attached hydrogens (tertiary/aromatic N) is 19. The first-order chi connectivity index (χ1) is 72.0. The summed E-state index contributed by atoms with van der Waals surface area (Å²) < 4.78 is 34.3. The molecule has 1 aliphatic heterocycles. The van der Waals surface area contributed by atoms with Crippen LogP contribution in [0.3, 0.4) is 0 Å². The standard InChI is InChI=1S/C30H37N7O2.C29H35N7O2.C27H33N7O2.C27H30N6O3/c1-7-29(38)32-24-18-25(28(39-6)19-27(24)35(4)16-17-37(8-2)9-3)34-30-31-15-14-23(33-30)22-20-36(5)26-13-11-10-12-21(22)26;1-7-28(37)31-23-17-24(27(38-6)18-26(23)35(4)16-15-34(3)8-2)33-29-30-14-13-22(32-29)21-19-36(5)25-12-10-9-11-20(21)25;1-6-26(35)29-20-17-21(24(36-5)18-23(20)33(4)16-15-32(2)3)30-27-28-13-11-25(31-27)34-14-12-19-9-7-8-10-22(19)34;1-6-26(34)29-21-15-22(25(36-5)16-24(21)32(2)13-14-35-4)31-27-28-12-11-20(30-27)19-17-33(3)23-10-8-7-9-18(19)23/h7,10-15,18-20H,1,8-9,16-17H2,2-6H3,(H,32,38)(H,31,33,34);7,9-14,17-19H,1,8,15-16H2,2-6H3,(H,31,37)(H,30,32,33);6-11,13,17-18H,1,12,14-16H2,2-5H3,(H,29,35)(H,28,30,31);6-12,15-17H,1,13-14H2,2-5H3,(H,29,34)(H,28,30,31). The largest absolute Gasteiger partial charge is 0.494 e. The number of aryl methyl sites for hydroxylation is 3. The Hall–Kier alpha value is -17.2. The predicted octanol–water partition coefficient (Wildman–Crippen LogP) is 18.8. The topological polar surface area (TPSA) is 354 Å². The Morgan fingerprint density at radius 3 is 1.03 bits per heavy atom. The number of carbonyl (C=O) groups is 4. The number of benzene rings is 8. The number of nitrogens with one attached hydrogen (secondary N) is 8. The first kappa shape index (κ1) is 109. The third-order valence-corrected chi connectivity index (χ3v) is 25.5. The molecule has 7 aromatic heterocycles. The Morgan fingerprint density at radius 1 is 0.369 bits per heavy atom. The number of aromatic nitrogens is 11. The van der Waals surface area contributed by atoms with Crippen molar-refractivity contribution in [2.24, 2.45) is 21.1 Å². The van der Waals surface area contributed by atoms with Gasteiger partial charge in [-0.1, -0.05) is 120 Å². The summed E-state index contributed by atoms with van der Waals surface area (Å²) >= 11 is 0. The molecular weight excluding hydrogens is 1880 g/mol. The number of likely N-dealkylation sites (N-methyl/N-ethyl adjacent to an activating group) is 7. The van der Waals surface area contributed by atoms with Crippen molar-refractivity contribution in [1.82, 2.24) is 68.3 Å². The maximum atomic E-state index is 12.3. The minimum absolute atomic E-state index is 0.292. The van der Waals surface area contributed by atoms with Gasteiger partial charge in [-0.2, -0.15) is 4.98 Å². The first-order valence-electron chi connectivity index (χ1n) is 49.0. The molecule has 4 amide bonds. The zero-order valence-corrected chi connectivity index (χ0v) is 88.2. The second-order valence-electron chi connectivity index (χ2n) is 35.5. The maximum absolute atomic E-state index is 12.3. The number of amides is 4. The number of rotatable bonds is 43. The molecule has 36 nitrogen and oxygen atoms in total. The molecule has 15 aromatic rings. The molecule has 0 aliphatic carbocycles. The number of hydrogen-bond acceptors (Lipinski definition) is 29. The number of anilines is 18. The van der Waals surface area contributed by atoms with Crippen LogP contribution in [0.25, 0.3) is 66.5 Å². The van der Waals surface area contributed by atoms with Crippen molar-refractivity contribution < 1.29 is 42.9 Å². The van der Waals surface area contributed by atoms with Gasteiger partial charge in [0.15, 0.2) is 0 Å². The molecule has 0 unspecified atom stereocenters. The van der Waals surface area contributed by atoms with Crippen molar-refractivity contribution in [2.75, 3.05) is 231 Å². The molecule has 0 radical (unpaired) electrons. The summed E-state index contributed by atoms with van der Waals surface area (Å²) in [6, 6.07) is 55.5. The lowest BCUT2D eigenvalue weighted by Crippen LogP contribution is -2.33. The smallest absolute Gasteiger partial charge is 0.247 e. The fraction of sp³-hybridized carbons (Fsp3) is 0.274. The van der Waals surface area contributed by atoms with E-state index in [0.29, 0.717) is 105 Å². The van der Waals surface area contributed by atoms with E-state index in [1.165, 1.54) is 35.6 Å². The summed E-state index contributed by atoms with van der Waals surface area (Å²) in [6.45, 7) is 30.7. The van der Waals surface area contributed by atoms with Gasteiger partial charge in [0.05, 0.1) is 120 Å². The highest BCUT2D eigenvalue weighted by Crippen LogP contribution is 2.45. The quantitative estimate of drug-likeness (QED) is 0.0165. The van der Waals surface area contributed by atoms with Crippen LogP contribution in [-0.2, 0) is 51.5 Å². The predicted molar refractivity (Wildman–Crippen MR) is 606 cm³/mol. The van der Waals surface area contributed by atoms with Gasteiger partial charge >= 0.3 is 0 Å². The number of methoxy groups -OCH3 is 5. The molecule has 36 heteroatoms. The van der Waals surface area contributed by atoms with E-state index in [9.17, 15) is 19.2 Å². The summed E-state index contributed by atoms with van der Waals surface area (Å²) in [5.41, 5.74) is 19.6. The van der Waals surface area contributed by atoms with Crippen LogP contribution in [0.15, 0.2) is 264 Å². The second-order valence-corrected chi connectivity index (χ2v) is 35.5. The van der Waals surface area contributed by atoms with E-state index in [0.717, 1.165) is 167 Å². The van der Waals surface area contributed by atoms with Crippen LogP contribution in [0.1, 0.15) is 26.3 Å². The molecule has 8 N–H and O–H groups in total. The summed E-state index contributed by atoms with van der Waals surface area (Å²) in [4.78, 5) is 103. The highest BCUT2D eigenvalue weighted by atomic mass is 16.5. The minimum Gasteiger partial charge on any atom is -0.494 e. The van der Waals surface area contributed by atoms with Gasteiger partial charge in [-0.3, -0.25) is 19.2 Å². The number of para-hydroxylation sites is 4. The van der Waals surface area contributed by atoms with Crippen LogP contribution in [0, 0.1) is 0 Å².